The van der Waals surface area contributed by atoms with Crippen LogP contribution in [0.3, 0.4) is 0 Å². The summed E-state index contributed by atoms with van der Waals surface area (Å²) in [5.74, 6) is -2.57. The number of carbonyl (C=O) groups excluding carboxylic acids is 2. The van der Waals surface area contributed by atoms with Crippen LogP contribution < -0.4 is 5.32 Å². The number of hydrogen-bond acceptors (Lipinski definition) is 8. The number of nitrogens with one attached hydrogen (secondary N) is 1. The van der Waals surface area contributed by atoms with Crippen molar-refractivity contribution in [1.29, 1.82) is 0 Å². The van der Waals surface area contributed by atoms with E-state index in [1.54, 1.807) is 0 Å². The van der Waals surface area contributed by atoms with Gasteiger partial charge in [-0.1, -0.05) is 44.2 Å². The van der Waals surface area contributed by atoms with Crippen LogP contribution in [0.4, 0.5) is 0 Å². The van der Waals surface area contributed by atoms with E-state index in [1.807, 2.05) is 44.2 Å². The van der Waals surface area contributed by atoms with Gasteiger partial charge in [0.25, 0.3) is 0 Å². The van der Waals surface area contributed by atoms with Crippen molar-refractivity contribution in [3.63, 3.8) is 0 Å². The molecule has 5 fully saturated rings. The molecule has 0 aromatic heterocycles. The molecule has 1 spiro atoms. The van der Waals surface area contributed by atoms with Gasteiger partial charge in [-0.2, -0.15) is 0 Å². The minimum absolute atomic E-state index is 0.0327. The molecule has 0 unspecified atom stereocenters. The van der Waals surface area contributed by atoms with Crippen molar-refractivity contribution in [2.75, 3.05) is 6.54 Å². The van der Waals surface area contributed by atoms with Crippen LogP contribution in [0.25, 0.3) is 0 Å². The molecule has 1 amide bonds. The second-order valence-corrected chi connectivity index (χ2v) is 11.8. The number of hydrogen-bond donors (Lipinski definition) is 2. The summed E-state index contributed by atoms with van der Waals surface area (Å²) in [5, 5.41) is 12.0. The summed E-state index contributed by atoms with van der Waals surface area (Å²) in [6.07, 6.45) is 1.71. The number of rotatable bonds is 9. The summed E-state index contributed by atoms with van der Waals surface area (Å²) < 4.78 is 18.3. The second kappa shape index (κ2) is 11.2. The van der Waals surface area contributed by atoms with Crippen LogP contribution in [-0.4, -0.2) is 53.5 Å². The minimum atomic E-state index is -0.944. The van der Waals surface area contributed by atoms with E-state index in [-0.39, 0.29) is 55.4 Å². The minimum Gasteiger partial charge on any atom is -0.481 e. The largest absolute Gasteiger partial charge is 0.481 e. The Morgan fingerprint density at radius 3 is 2.59 bits per heavy atom. The zero-order chi connectivity index (χ0) is 27.8. The lowest BCUT2D eigenvalue weighted by atomic mass is 9.58. The van der Waals surface area contributed by atoms with E-state index < -0.39 is 35.9 Å². The van der Waals surface area contributed by atoms with Crippen LogP contribution in [-0.2, 0) is 38.4 Å². The Hall–Kier alpha value is -2.53. The van der Waals surface area contributed by atoms with Crippen molar-refractivity contribution >= 4 is 17.8 Å². The normalized spacial score (nSPS) is 37.7. The number of ether oxygens (including phenoxy) is 3. The van der Waals surface area contributed by atoms with Gasteiger partial charge in [-0.05, 0) is 43.6 Å². The highest BCUT2D eigenvalue weighted by atomic mass is 17.3. The Morgan fingerprint density at radius 1 is 1.08 bits per heavy atom. The SMILES string of the molecule is C[C@H]1[C@H](OC(=O)CCC(=O)NC[C@@H](CC(=O)O)c2ccccc2)O[C@@H]2O[C@@]3(C)CC[C@H]4[C@H](C)CC[C@@H]1[C@@]24OO3. The number of esters is 1. The molecule has 1 aromatic rings. The molecule has 214 valence electrons. The number of carboxylic acid groups (broad SMARTS) is 1. The molecular formula is C29H39NO9. The van der Waals surface area contributed by atoms with Gasteiger partial charge in [0.2, 0.25) is 18.0 Å². The summed E-state index contributed by atoms with van der Waals surface area (Å²) in [6, 6.07) is 9.18. The van der Waals surface area contributed by atoms with Gasteiger partial charge in [0.1, 0.15) is 0 Å². The summed E-state index contributed by atoms with van der Waals surface area (Å²) in [4.78, 5) is 48.5. The smallest absolute Gasteiger partial charge is 0.308 e. The molecule has 5 aliphatic rings. The molecule has 0 radical (unpaired) electrons. The van der Waals surface area contributed by atoms with Gasteiger partial charge in [0, 0.05) is 37.1 Å². The first-order chi connectivity index (χ1) is 18.6. The lowest BCUT2D eigenvalue weighted by Gasteiger charge is -2.59. The number of fused-ring (bicyclic) bond motifs is 2. The fraction of sp³-hybridized carbons (Fsp3) is 0.690. The fourth-order valence-corrected chi connectivity index (χ4v) is 6.98. The van der Waals surface area contributed by atoms with Gasteiger partial charge >= 0.3 is 11.9 Å². The van der Waals surface area contributed by atoms with Gasteiger partial charge in [0.05, 0.1) is 12.8 Å². The van der Waals surface area contributed by atoms with Crippen LogP contribution >= 0.6 is 0 Å². The Morgan fingerprint density at radius 2 is 1.85 bits per heavy atom. The third kappa shape index (κ3) is 5.57. The molecule has 1 aliphatic carbocycles. The lowest BCUT2D eigenvalue weighted by molar-refractivity contribution is -0.576. The highest BCUT2D eigenvalue weighted by Crippen LogP contribution is 2.60. The monoisotopic (exact) mass is 545 g/mol. The van der Waals surface area contributed by atoms with Crippen LogP contribution in [0.15, 0.2) is 30.3 Å². The quantitative estimate of drug-likeness (QED) is 0.351. The van der Waals surface area contributed by atoms with Crippen LogP contribution in [0, 0.1) is 23.7 Å². The van der Waals surface area contributed by atoms with E-state index in [4.69, 9.17) is 24.0 Å². The van der Waals surface area contributed by atoms with Gasteiger partial charge in [0.15, 0.2) is 11.9 Å². The third-order valence-corrected chi connectivity index (χ3v) is 9.14. The van der Waals surface area contributed by atoms with Crippen molar-refractivity contribution in [2.24, 2.45) is 23.7 Å². The topological polar surface area (TPSA) is 130 Å². The molecular weight excluding hydrogens is 506 g/mol. The molecule has 1 aromatic carbocycles. The highest BCUT2D eigenvalue weighted by Gasteiger charge is 2.69. The van der Waals surface area contributed by atoms with Crippen molar-refractivity contribution in [3.05, 3.63) is 35.9 Å². The molecule has 4 aliphatic heterocycles. The summed E-state index contributed by atoms with van der Waals surface area (Å²) in [7, 11) is 0. The van der Waals surface area contributed by atoms with E-state index in [0.29, 0.717) is 12.3 Å². The molecule has 39 heavy (non-hydrogen) atoms. The number of carbonyl (C=O) groups is 3. The summed E-state index contributed by atoms with van der Waals surface area (Å²) in [5.41, 5.74) is 0.0963. The molecule has 1 saturated carbocycles. The van der Waals surface area contributed by atoms with E-state index in [9.17, 15) is 19.5 Å². The van der Waals surface area contributed by atoms with Crippen molar-refractivity contribution < 1.29 is 43.5 Å². The van der Waals surface area contributed by atoms with Crippen LogP contribution in [0.1, 0.15) is 77.2 Å². The van der Waals surface area contributed by atoms with Crippen LogP contribution in [0.5, 0.6) is 0 Å². The average Bonchev–Trinajstić information content (AvgIpc) is 3.14. The zero-order valence-corrected chi connectivity index (χ0v) is 22.8. The van der Waals surface area contributed by atoms with E-state index in [0.717, 1.165) is 24.8 Å². The third-order valence-electron chi connectivity index (χ3n) is 9.14. The molecule has 9 atom stereocenters. The molecule has 2 bridgehead atoms. The summed E-state index contributed by atoms with van der Waals surface area (Å²) in [6.45, 7) is 6.25. The molecule has 10 nitrogen and oxygen atoms in total. The number of amides is 1. The molecule has 6 rings (SSSR count). The highest BCUT2D eigenvalue weighted by molar-refractivity contribution is 5.81. The van der Waals surface area contributed by atoms with Gasteiger partial charge in [-0.3, -0.25) is 14.4 Å². The number of carboxylic acids is 1. The Bertz CT molecular complexity index is 1070. The maximum absolute atomic E-state index is 12.8. The van der Waals surface area contributed by atoms with Crippen molar-refractivity contribution in [2.45, 2.75) is 95.6 Å². The van der Waals surface area contributed by atoms with E-state index in [2.05, 4.69) is 12.2 Å². The van der Waals surface area contributed by atoms with Gasteiger partial charge < -0.3 is 24.6 Å². The first kappa shape index (κ1) is 28.0. The standard InChI is InChI=1S/C29H39NO9/c1-17-9-10-22-18(2)26(36-27-29(22)21(17)13-14-28(3,37-27)38-39-29)35-25(34)12-11-23(31)30-16-20(15-24(32)33)19-7-5-4-6-8-19/h4-8,17-18,20-22,26-27H,9-16H2,1-3H3,(H,30,31)(H,32,33)/t17-,18-,20-,21+,22+,26-,27-,28-,29-/m1/s1. The maximum atomic E-state index is 12.8. The first-order valence-corrected chi connectivity index (χ1v) is 14.0. The van der Waals surface area contributed by atoms with E-state index in [1.165, 1.54) is 0 Å². The maximum Gasteiger partial charge on any atom is 0.308 e. The zero-order valence-electron chi connectivity index (χ0n) is 22.8. The van der Waals surface area contributed by atoms with Crippen molar-refractivity contribution in [1.82, 2.24) is 5.32 Å². The van der Waals surface area contributed by atoms with Gasteiger partial charge in [-0.25, -0.2) is 9.78 Å². The van der Waals surface area contributed by atoms with Crippen molar-refractivity contribution in [3.8, 4) is 0 Å². The molecule has 4 saturated heterocycles. The Labute approximate surface area is 228 Å². The molecule has 10 heteroatoms. The average molecular weight is 546 g/mol. The molecule has 2 N–H and O–H groups in total. The Kier molecular flexibility index (Phi) is 8.01. The predicted octanol–water partition coefficient (Wildman–Crippen LogP) is 3.89. The number of aliphatic carboxylic acids is 1. The lowest BCUT2D eigenvalue weighted by Crippen LogP contribution is -2.70. The number of benzene rings is 1. The molecule has 4 heterocycles. The van der Waals surface area contributed by atoms with Gasteiger partial charge in [-0.15, -0.1) is 0 Å². The second-order valence-electron chi connectivity index (χ2n) is 11.8. The first-order valence-electron chi connectivity index (χ1n) is 14.0. The predicted molar refractivity (Wildman–Crippen MR) is 137 cm³/mol. The summed E-state index contributed by atoms with van der Waals surface area (Å²) >= 11 is 0. The fourth-order valence-electron chi connectivity index (χ4n) is 6.98. The van der Waals surface area contributed by atoms with E-state index >= 15 is 0 Å². The van der Waals surface area contributed by atoms with Crippen LogP contribution in [0.2, 0.25) is 0 Å². The Balaban J connectivity index is 1.16.